The number of benzene rings is 2. The largest absolute Gasteiger partial charge is 0.451 e. The van der Waals surface area contributed by atoms with E-state index in [4.69, 9.17) is 10.5 Å². The van der Waals surface area contributed by atoms with Gasteiger partial charge in [-0.2, -0.15) is 5.10 Å². The predicted octanol–water partition coefficient (Wildman–Crippen LogP) is 4.33. The van der Waals surface area contributed by atoms with E-state index >= 15 is 0 Å². The molecule has 0 saturated carbocycles. The highest BCUT2D eigenvalue weighted by Crippen LogP contribution is 2.37. The number of ether oxygens (including phenoxy) is 1. The smallest absolute Gasteiger partial charge is 0.288 e. The van der Waals surface area contributed by atoms with Gasteiger partial charge in [-0.15, -0.1) is 0 Å². The monoisotopic (exact) mass is 548 g/mol. The fourth-order valence-electron chi connectivity index (χ4n) is 4.99. The lowest BCUT2D eigenvalue weighted by molar-refractivity contribution is -0.127. The molecule has 3 heterocycles. The van der Waals surface area contributed by atoms with Crippen LogP contribution in [0.25, 0.3) is 22.0 Å². The number of hydrogen-bond acceptors (Lipinski definition) is 6. The molecule has 0 bridgehead atoms. The molecule has 1 aliphatic rings. The van der Waals surface area contributed by atoms with Crippen molar-refractivity contribution in [3.8, 4) is 22.6 Å². The molecule has 11 heteroatoms. The van der Waals surface area contributed by atoms with Crippen LogP contribution in [0.1, 0.15) is 18.9 Å². The van der Waals surface area contributed by atoms with Gasteiger partial charge >= 0.3 is 0 Å². The highest BCUT2D eigenvalue weighted by Gasteiger charge is 2.27. The molecular weight excluding hydrogens is 518 g/mol. The number of H-pyrrole nitrogens is 1. The molecule has 208 valence electrons. The van der Waals surface area contributed by atoms with Crippen LogP contribution in [0.5, 0.6) is 11.5 Å². The number of carbonyl (C=O) groups is 1. The highest BCUT2D eigenvalue weighted by molar-refractivity contribution is 6.02. The average molecular weight is 549 g/mol. The number of para-hydroxylation sites is 1. The molecule has 2 aromatic carbocycles. The first-order valence-electron chi connectivity index (χ1n) is 12.9. The first kappa shape index (κ1) is 27.1. The Balaban J connectivity index is 1.47. The average Bonchev–Trinajstić information content (AvgIpc) is 3.35. The zero-order valence-corrected chi connectivity index (χ0v) is 22.2. The summed E-state index contributed by atoms with van der Waals surface area (Å²) in [6.07, 6.45) is 6.83. The van der Waals surface area contributed by atoms with E-state index in [9.17, 15) is 18.4 Å². The molecule has 1 fully saturated rings. The number of nitrogens with one attached hydrogen (secondary N) is 1. The molecule has 2 aromatic heterocycles. The third-order valence-electron chi connectivity index (χ3n) is 6.92. The number of nitrogens with two attached hydrogens (primary N) is 1. The lowest BCUT2D eigenvalue weighted by Gasteiger charge is -2.33. The summed E-state index contributed by atoms with van der Waals surface area (Å²) in [5.74, 6) is -1.77. The molecule has 0 aliphatic carbocycles. The molecule has 1 amide bonds. The molecule has 1 atom stereocenters. The van der Waals surface area contributed by atoms with Crippen molar-refractivity contribution in [2.75, 3.05) is 39.5 Å². The van der Waals surface area contributed by atoms with Gasteiger partial charge in [-0.25, -0.2) is 13.9 Å². The molecule has 1 saturated heterocycles. The van der Waals surface area contributed by atoms with Gasteiger partial charge in [0.15, 0.2) is 23.2 Å². The molecule has 5 rings (SSSR count). The number of anilines is 1. The Hall–Kier alpha value is -4.51. The molecule has 0 radical (unpaired) electrons. The molecule has 0 spiro atoms. The van der Waals surface area contributed by atoms with Gasteiger partial charge in [0.05, 0.1) is 11.4 Å². The third kappa shape index (κ3) is 5.46. The van der Waals surface area contributed by atoms with Crippen molar-refractivity contribution >= 4 is 22.6 Å². The minimum absolute atomic E-state index is 0.0693. The maximum Gasteiger partial charge on any atom is 0.288 e. The summed E-state index contributed by atoms with van der Waals surface area (Å²) in [5.41, 5.74) is 7.61. The number of aromatic amines is 1. The third-order valence-corrected chi connectivity index (χ3v) is 6.92. The fourth-order valence-corrected chi connectivity index (χ4v) is 4.99. The van der Waals surface area contributed by atoms with Gasteiger partial charge in [0.1, 0.15) is 11.3 Å². The summed E-state index contributed by atoms with van der Waals surface area (Å²) in [5, 5.41) is 6.94. The van der Waals surface area contributed by atoms with Gasteiger partial charge in [-0.05, 0) is 56.8 Å². The minimum Gasteiger partial charge on any atom is -0.451 e. The highest BCUT2D eigenvalue weighted by atomic mass is 19.1. The van der Waals surface area contributed by atoms with Crippen LogP contribution in [0, 0.1) is 11.6 Å². The van der Waals surface area contributed by atoms with Gasteiger partial charge in [0, 0.05) is 37.5 Å². The van der Waals surface area contributed by atoms with Crippen molar-refractivity contribution in [3.05, 3.63) is 82.8 Å². The number of fused-ring (bicyclic) bond motifs is 1. The zero-order chi connectivity index (χ0) is 28.4. The molecule has 40 heavy (non-hydrogen) atoms. The Kier molecular flexibility index (Phi) is 7.65. The maximum absolute atomic E-state index is 14.0. The summed E-state index contributed by atoms with van der Waals surface area (Å²) in [6, 6.07) is 9.97. The predicted molar refractivity (Wildman–Crippen MR) is 149 cm³/mol. The zero-order valence-electron chi connectivity index (χ0n) is 22.2. The Labute approximate surface area is 229 Å². The van der Waals surface area contributed by atoms with E-state index in [-0.39, 0.29) is 29.1 Å². The van der Waals surface area contributed by atoms with E-state index in [0.717, 1.165) is 25.0 Å². The normalized spacial score (nSPS) is 15.8. The summed E-state index contributed by atoms with van der Waals surface area (Å²) in [6.45, 7) is 1.74. The first-order chi connectivity index (χ1) is 19.2. The van der Waals surface area contributed by atoms with Crippen LogP contribution in [0.15, 0.2) is 65.6 Å². The quantitative estimate of drug-likeness (QED) is 0.333. The number of rotatable bonds is 7. The van der Waals surface area contributed by atoms with Gasteiger partial charge in [0.25, 0.3) is 5.56 Å². The van der Waals surface area contributed by atoms with E-state index in [1.54, 1.807) is 35.2 Å². The molecule has 1 aliphatic heterocycles. The van der Waals surface area contributed by atoms with Crippen LogP contribution in [-0.4, -0.2) is 64.2 Å². The van der Waals surface area contributed by atoms with E-state index in [1.165, 1.54) is 6.07 Å². The molecule has 3 N–H and O–H groups in total. The standard InChI is InChI=1S/C29H30F2N6O3/c1-35(2)14-5-9-24(38)36-15-4-6-19(16-36)37-17-21(25-26(37)29(39)34-33-28(25)32)18-10-12-20(13-11-18)40-27-22(30)7-3-8-23(27)31/h3,5,7-13,17,19H,4,6,14-16H2,1-2H3,(H2,32,33)(H,34,39)/t19-/m1/s1. The van der Waals surface area contributed by atoms with Crippen molar-refractivity contribution in [1.29, 1.82) is 0 Å². The number of hydrogen-bond donors (Lipinski definition) is 2. The van der Waals surface area contributed by atoms with Gasteiger partial charge in [-0.3, -0.25) is 9.59 Å². The SMILES string of the molecule is CN(C)CC=CC(=O)N1CCC[C@@H](n2cc(-c3ccc(Oc4c(F)cccc4F)cc3)c3c(N)n[nH]c(=O)c32)C1. The second-order valence-corrected chi connectivity index (χ2v) is 10.0. The lowest BCUT2D eigenvalue weighted by Crippen LogP contribution is -2.40. The molecule has 4 aromatic rings. The topological polar surface area (TPSA) is 109 Å². The first-order valence-corrected chi connectivity index (χ1v) is 12.9. The van der Waals surface area contributed by atoms with Crippen LogP contribution in [0.4, 0.5) is 14.6 Å². The van der Waals surface area contributed by atoms with Gasteiger partial charge in [0.2, 0.25) is 5.91 Å². The fraction of sp³-hybridized carbons (Fsp3) is 0.276. The number of amides is 1. The Bertz CT molecular complexity index is 1610. The number of nitrogens with zero attached hydrogens (tertiary/aromatic N) is 4. The van der Waals surface area contributed by atoms with Gasteiger partial charge < -0.3 is 24.8 Å². The van der Waals surface area contributed by atoms with Crippen molar-refractivity contribution in [3.63, 3.8) is 0 Å². The number of carbonyl (C=O) groups excluding carboxylic acids is 1. The maximum atomic E-state index is 14.0. The van der Waals surface area contributed by atoms with E-state index in [0.29, 0.717) is 41.7 Å². The molecule has 9 nitrogen and oxygen atoms in total. The molecule has 0 unspecified atom stereocenters. The van der Waals surface area contributed by atoms with Crippen molar-refractivity contribution in [2.24, 2.45) is 0 Å². The van der Waals surface area contributed by atoms with E-state index < -0.39 is 17.4 Å². The summed E-state index contributed by atoms with van der Waals surface area (Å²) in [7, 11) is 3.87. The number of halogens is 2. The second-order valence-electron chi connectivity index (χ2n) is 10.0. The van der Waals surface area contributed by atoms with Crippen LogP contribution in [-0.2, 0) is 4.79 Å². The van der Waals surface area contributed by atoms with Crippen LogP contribution < -0.4 is 16.0 Å². The van der Waals surface area contributed by atoms with Crippen LogP contribution in [0.3, 0.4) is 0 Å². The van der Waals surface area contributed by atoms with Crippen molar-refractivity contribution in [2.45, 2.75) is 18.9 Å². The van der Waals surface area contributed by atoms with Crippen LogP contribution >= 0.6 is 0 Å². The van der Waals surface area contributed by atoms with Crippen LogP contribution in [0.2, 0.25) is 0 Å². The number of nitrogen functional groups attached to an aromatic ring is 1. The molecular formula is C29H30F2N6O3. The Morgan fingerprint density at radius 3 is 2.62 bits per heavy atom. The van der Waals surface area contributed by atoms with E-state index in [1.807, 2.05) is 35.8 Å². The number of likely N-dealkylation sites (tertiary alicyclic amines) is 1. The number of piperidine rings is 1. The minimum atomic E-state index is -0.807. The summed E-state index contributed by atoms with van der Waals surface area (Å²) >= 11 is 0. The Morgan fingerprint density at radius 2 is 1.93 bits per heavy atom. The van der Waals surface area contributed by atoms with E-state index in [2.05, 4.69) is 10.2 Å². The van der Waals surface area contributed by atoms with Crippen molar-refractivity contribution in [1.82, 2.24) is 24.6 Å². The van der Waals surface area contributed by atoms with Gasteiger partial charge in [-0.1, -0.05) is 24.3 Å². The number of aromatic nitrogens is 3. The summed E-state index contributed by atoms with van der Waals surface area (Å²) < 4.78 is 35.4. The number of likely N-dealkylation sites (N-methyl/N-ethyl adjacent to an activating group) is 1. The Morgan fingerprint density at radius 1 is 1.20 bits per heavy atom. The van der Waals surface area contributed by atoms with Crippen molar-refractivity contribution < 1.29 is 18.3 Å². The summed E-state index contributed by atoms with van der Waals surface area (Å²) in [4.78, 5) is 29.6. The lowest BCUT2D eigenvalue weighted by atomic mass is 10.1. The second kappa shape index (κ2) is 11.3.